The summed E-state index contributed by atoms with van der Waals surface area (Å²) in [6.45, 7) is 0. The average molecular weight is 426 g/mol. The number of halogens is 5. The standard InChI is InChI=1S/C20H15F5N2O3/c1-26-8-6-14(7-9-28)27-19(29)15-10-12(20(23,24)25)2-4-17(15)30-18-5-3-13(21)11-16(18)22/h2-11,26H,1H3,(H,27,29)/b8-6-,14-7+. The minimum atomic E-state index is -4.76. The molecule has 0 aliphatic heterocycles. The van der Waals surface area contributed by atoms with Crippen LogP contribution < -0.4 is 15.4 Å². The fourth-order valence-corrected chi connectivity index (χ4v) is 2.23. The molecule has 5 nitrogen and oxygen atoms in total. The highest BCUT2D eigenvalue weighted by Gasteiger charge is 2.32. The van der Waals surface area contributed by atoms with E-state index >= 15 is 0 Å². The van der Waals surface area contributed by atoms with Gasteiger partial charge >= 0.3 is 6.18 Å². The molecule has 0 saturated heterocycles. The minimum absolute atomic E-state index is 0.0272. The highest BCUT2D eigenvalue weighted by molar-refractivity contribution is 5.98. The smallest absolute Gasteiger partial charge is 0.416 e. The molecule has 0 saturated carbocycles. The summed E-state index contributed by atoms with van der Waals surface area (Å²) in [6, 6.07) is 4.34. The van der Waals surface area contributed by atoms with Gasteiger partial charge in [-0.3, -0.25) is 9.59 Å². The van der Waals surface area contributed by atoms with E-state index in [9.17, 15) is 31.5 Å². The Hall–Kier alpha value is -3.69. The number of ether oxygens (including phenoxy) is 1. The molecule has 2 aromatic rings. The van der Waals surface area contributed by atoms with Crippen LogP contribution in [0.5, 0.6) is 11.5 Å². The van der Waals surface area contributed by atoms with E-state index in [1.54, 1.807) is 7.05 Å². The van der Waals surface area contributed by atoms with Crippen LogP contribution in [0, 0.1) is 11.6 Å². The summed E-state index contributed by atoms with van der Waals surface area (Å²) < 4.78 is 71.5. The zero-order valence-corrected chi connectivity index (χ0v) is 15.4. The number of hydrogen-bond donors (Lipinski definition) is 2. The Morgan fingerprint density at radius 3 is 2.37 bits per heavy atom. The van der Waals surface area contributed by atoms with Gasteiger partial charge in [-0.1, -0.05) is 0 Å². The number of benzene rings is 2. The van der Waals surface area contributed by atoms with Crippen LogP contribution in [-0.4, -0.2) is 19.2 Å². The third-order valence-corrected chi connectivity index (χ3v) is 3.60. The SMILES string of the molecule is CN/C=C\C(=C/C=O)NC(=O)c1cc(C(F)(F)F)ccc1Oc1ccc(F)cc1F. The Balaban J connectivity index is 2.47. The van der Waals surface area contributed by atoms with Crippen LogP contribution in [0.4, 0.5) is 22.0 Å². The lowest BCUT2D eigenvalue weighted by Gasteiger charge is -2.15. The van der Waals surface area contributed by atoms with Crippen molar-refractivity contribution in [2.24, 2.45) is 0 Å². The van der Waals surface area contributed by atoms with Crippen molar-refractivity contribution in [2.75, 3.05) is 7.05 Å². The third-order valence-electron chi connectivity index (χ3n) is 3.60. The second kappa shape index (κ2) is 9.68. The van der Waals surface area contributed by atoms with E-state index in [0.29, 0.717) is 24.5 Å². The van der Waals surface area contributed by atoms with Crippen molar-refractivity contribution >= 4 is 12.2 Å². The first-order valence-corrected chi connectivity index (χ1v) is 8.30. The van der Waals surface area contributed by atoms with Gasteiger partial charge in [0.2, 0.25) is 0 Å². The van der Waals surface area contributed by atoms with Crippen LogP contribution in [0.3, 0.4) is 0 Å². The zero-order valence-electron chi connectivity index (χ0n) is 15.4. The van der Waals surface area contributed by atoms with E-state index < -0.39 is 46.3 Å². The first-order valence-electron chi connectivity index (χ1n) is 8.30. The van der Waals surface area contributed by atoms with E-state index in [1.165, 1.54) is 12.3 Å². The van der Waals surface area contributed by atoms with E-state index in [0.717, 1.165) is 24.3 Å². The van der Waals surface area contributed by atoms with Gasteiger partial charge in [0.05, 0.1) is 11.1 Å². The van der Waals surface area contributed by atoms with Gasteiger partial charge in [0, 0.05) is 24.9 Å². The van der Waals surface area contributed by atoms with Crippen molar-refractivity contribution in [3.8, 4) is 11.5 Å². The van der Waals surface area contributed by atoms with Crippen molar-refractivity contribution in [3.05, 3.63) is 83.2 Å². The Morgan fingerprint density at radius 2 is 1.77 bits per heavy atom. The lowest BCUT2D eigenvalue weighted by atomic mass is 10.1. The normalized spacial score (nSPS) is 12.0. The fraction of sp³-hybridized carbons (Fsp3) is 0.100. The average Bonchev–Trinajstić information content (AvgIpc) is 2.67. The summed E-state index contributed by atoms with van der Waals surface area (Å²) in [7, 11) is 1.55. The predicted octanol–water partition coefficient (Wildman–Crippen LogP) is 4.32. The fourth-order valence-electron chi connectivity index (χ4n) is 2.23. The molecule has 0 fully saturated rings. The molecule has 0 unspecified atom stereocenters. The molecule has 0 radical (unpaired) electrons. The van der Waals surface area contributed by atoms with E-state index in [4.69, 9.17) is 4.74 Å². The van der Waals surface area contributed by atoms with Gasteiger partial charge in [-0.15, -0.1) is 0 Å². The lowest BCUT2D eigenvalue weighted by molar-refractivity contribution is -0.137. The first kappa shape index (κ1) is 22.6. The Labute approximate surface area is 167 Å². The van der Waals surface area contributed by atoms with E-state index in [1.807, 2.05) is 0 Å². The van der Waals surface area contributed by atoms with Crippen LogP contribution in [0.15, 0.2) is 60.4 Å². The molecule has 0 heterocycles. The van der Waals surface area contributed by atoms with E-state index in [2.05, 4.69) is 10.6 Å². The molecule has 1 amide bonds. The number of aldehydes is 1. The number of nitrogens with one attached hydrogen (secondary N) is 2. The summed E-state index contributed by atoms with van der Waals surface area (Å²) in [5, 5.41) is 4.88. The minimum Gasteiger partial charge on any atom is -0.453 e. The molecule has 0 bridgehead atoms. The molecule has 2 aromatic carbocycles. The number of hydrogen-bond acceptors (Lipinski definition) is 4. The maximum absolute atomic E-state index is 13.9. The highest BCUT2D eigenvalue weighted by Crippen LogP contribution is 2.35. The summed E-state index contributed by atoms with van der Waals surface area (Å²) in [5.41, 5.74) is -1.75. The van der Waals surface area contributed by atoms with Crippen LogP contribution in [0.1, 0.15) is 15.9 Å². The van der Waals surface area contributed by atoms with Gasteiger partial charge in [-0.05, 0) is 42.6 Å². The number of amides is 1. The molecule has 0 aliphatic carbocycles. The lowest BCUT2D eigenvalue weighted by Crippen LogP contribution is -2.23. The van der Waals surface area contributed by atoms with Crippen molar-refractivity contribution in [3.63, 3.8) is 0 Å². The van der Waals surface area contributed by atoms with Crippen molar-refractivity contribution in [1.29, 1.82) is 0 Å². The summed E-state index contributed by atoms with van der Waals surface area (Å²) in [4.78, 5) is 23.3. The van der Waals surface area contributed by atoms with Crippen LogP contribution in [-0.2, 0) is 11.0 Å². The molecule has 2 N–H and O–H groups in total. The molecular weight excluding hydrogens is 411 g/mol. The number of allylic oxidation sites excluding steroid dienone is 2. The van der Waals surface area contributed by atoms with Gasteiger partial charge in [0.25, 0.3) is 5.91 Å². The van der Waals surface area contributed by atoms with Gasteiger partial charge < -0.3 is 15.4 Å². The largest absolute Gasteiger partial charge is 0.453 e. The van der Waals surface area contributed by atoms with Gasteiger partial charge in [-0.25, -0.2) is 8.78 Å². The second-order valence-corrected chi connectivity index (χ2v) is 5.72. The van der Waals surface area contributed by atoms with Crippen molar-refractivity contribution in [2.45, 2.75) is 6.18 Å². The molecule has 30 heavy (non-hydrogen) atoms. The summed E-state index contributed by atoms with van der Waals surface area (Å²) >= 11 is 0. The number of rotatable bonds is 7. The second-order valence-electron chi connectivity index (χ2n) is 5.72. The van der Waals surface area contributed by atoms with Crippen LogP contribution >= 0.6 is 0 Å². The number of carbonyl (C=O) groups is 2. The molecule has 0 atom stereocenters. The molecule has 0 aliphatic rings. The van der Waals surface area contributed by atoms with Crippen LogP contribution in [0.2, 0.25) is 0 Å². The summed E-state index contributed by atoms with van der Waals surface area (Å²) in [6.07, 6.45) is -0.762. The van der Waals surface area contributed by atoms with Gasteiger partial charge in [-0.2, -0.15) is 13.2 Å². The molecule has 2 rings (SSSR count). The molecule has 0 spiro atoms. The van der Waals surface area contributed by atoms with E-state index in [-0.39, 0.29) is 5.70 Å². The highest BCUT2D eigenvalue weighted by atomic mass is 19.4. The summed E-state index contributed by atoms with van der Waals surface area (Å²) in [5.74, 6) is -3.95. The Morgan fingerprint density at radius 1 is 1.07 bits per heavy atom. The number of carbonyl (C=O) groups excluding carboxylic acids is 2. The maximum atomic E-state index is 13.9. The quantitative estimate of drug-likeness (QED) is 0.300. The zero-order chi connectivity index (χ0) is 22.3. The van der Waals surface area contributed by atoms with Crippen LogP contribution in [0.25, 0.3) is 0 Å². The molecule has 0 aromatic heterocycles. The Bertz CT molecular complexity index is 1000. The van der Waals surface area contributed by atoms with Crippen molar-refractivity contribution in [1.82, 2.24) is 10.6 Å². The topological polar surface area (TPSA) is 67.4 Å². The van der Waals surface area contributed by atoms with Crippen molar-refractivity contribution < 1.29 is 36.3 Å². The molecule has 158 valence electrons. The number of alkyl halides is 3. The maximum Gasteiger partial charge on any atom is 0.416 e. The third kappa shape index (κ3) is 5.90. The van der Waals surface area contributed by atoms with Gasteiger partial charge in [0.15, 0.2) is 11.6 Å². The predicted molar refractivity (Wildman–Crippen MR) is 97.7 cm³/mol. The first-order chi connectivity index (χ1) is 14.2. The monoisotopic (exact) mass is 426 g/mol. The Kier molecular flexibility index (Phi) is 7.29. The van der Waals surface area contributed by atoms with Gasteiger partial charge in [0.1, 0.15) is 17.9 Å². The molecule has 10 heteroatoms. The molecular formula is C20H15F5N2O3.